The van der Waals surface area contributed by atoms with Crippen molar-refractivity contribution in [2.45, 2.75) is 119 Å². The molecular weight excluding hydrogens is 582 g/mol. The predicted octanol–water partition coefficient (Wildman–Crippen LogP) is 6.41. The summed E-state index contributed by atoms with van der Waals surface area (Å²) in [7, 11) is 4.08. The number of carbonyl (C=O) groups excluding carboxylic acids is 2. The maximum absolute atomic E-state index is 14.8. The lowest BCUT2D eigenvalue weighted by molar-refractivity contribution is -0.269. The third-order valence-corrected chi connectivity index (χ3v) is 15.1. The first-order valence-corrected chi connectivity index (χ1v) is 17.7. The Morgan fingerprint density at radius 2 is 1.74 bits per heavy atom. The van der Waals surface area contributed by atoms with Gasteiger partial charge in [0, 0.05) is 28.7 Å². The minimum atomic E-state index is -1.04. The van der Waals surface area contributed by atoms with Gasteiger partial charge in [-0.05, 0) is 101 Å². The summed E-state index contributed by atoms with van der Waals surface area (Å²) < 4.78 is 19.4. The van der Waals surface area contributed by atoms with Crippen molar-refractivity contribution in [2.24, 2.45) is 56.7 Å². The molecule has 4 fully saturated rings. The van der Waals surface area contributed by atoms with Crippen LogP contribution in [0, 0.1) is 56.7 Å². The molecule has 11 atom stereocenters. The first-order valence-electron chi connectivity index (χ1n) is 17.7. The van der Waals surface area contributed by atoms with Crippen molar-refractivity contribution in [1.29, 1.82) is 0 Å². The Morgan fingerprint density at radius 3 is 2.30 bits per heavy atom. The van der Waals surface area contributed by atoms with Crippen LogP contribution >= 0.6 is 0 Å². The number of hydrogen-bond donors (Lipinski definition) is 1. The molecule has 0 amide bonds. The monoisotopic (exact) mass is 643 g/mol. The summed E-state index contributed by atoms with van der Waals surface area (Å²) >= 11 is 0. The molecule has 5 aliphatic rings. The average Bonchev–Trinajstić information content (AvgIpc) is 2.93. The van der Waals surface area contributed by atoms with Crippen molar-refractivity contribution >= 4 is 17.7 Å². The SMILES string of the molecule is CC(=O)O[C@@H]1C[C@@]23COC[C@@](C)(C2CCC2C3=CC(=O)[C@@]3(C)[C@H](C(=O)O)[C@@](C)([C@H](C)C(C)C)CC[C@]23C)[C@H]1OCC(C)(C)N(C)C. The van der Waals surface area contributed by atoms with Crippen LogP contribution in [0.4, 0.5) is 0 Å². The number of esters is 1. The van der Waals surface area contributed by atoms with E-state index < -0.39 is 45.1 Å². The predicted molar refractivity (Wildman–Crippen MR) is 177 cm³/mol. The number of rotatable bonds is 8. The molecule has 4 aliphatic carbocycles. The summed E-state index contributed by atoms with van der Waals surface area (Å²) in [5.41, 5.74) is -2.12. The molecule has 8 heteroatoms. The van der Waals surface area contributed by atoms with E-state index >= 15 is 0 Å². The Bertz CT molecular complexity index is 1290. The highest BCUT2D eigenvalue weighted by Gasteiger charge is 2.74. The molecule has 2 unspecified atom stereocenters. The van der Waals surface area contributed by atoms with E-state index in [2.05, 4.69) is 60.3 Å². The number of aliphatic carboxylic acids is 1. The molecule has 1 heterocycles. The number of carboxylic acids is 1. The van der Waals surface area contributed by atoms with E-state index in [1.54, 1.807) is 0 Å². The molecule has 260 valence electrons. The van der Waals surface area contributed by atoms with E-state index in [1.807, 2.05) is 27.1 Å². The second-order valence-corrected chi connectivity index (χ2v) is 18.0. The minimum Gasteiger partial charge on any atom is -0.481 e. The first-order chi connectivity index (χ1) is 21.1. The standard InChI is InChI=1S/C38H61NO7/c1-22(2)23(3)34(7)15-16-36(9)25-13-14-28-35(8)20-44-21-38(28,26(25)17-29(41)37(36,10)30(34)32(42)43)18-27(46-24(4)40)31(35)45-19-33(5,6)39(11)12/h17,22-23,25,27-28,30-31H,13-16,18-21H2,1-12H3,(H,42,43)/t23-,25?,27-,28?,30-,31+,34-,35+,36-,37+,38+/m1/s1. The second kappa shape index (κ2) is 11.4. The highest BCUT2D eigenvalue weighted by Crippen LogP contribution is 2.74. The highest BCUT2D eigenvalue weighted by atomic mass is 16.6. The van der Waals surface area contributed by atoms with Gasteiger partial charge in [-0.2, -0.15) is 0 Å². The van der Waals surface area contributed by atoms with E-state index in [0.717, 1.165) is 31.3 Å². The van der Waals surface area contributed by atoms with Gasteiger partial charge in [0.15, 0.2) is 5.78 Å². The fraction of sp³-hybridized carbons (Fsp3) is 0.868. The molecule has 3 saturated carbocycles. The molecule has 5 rings (SSSR count). The van der Waals surface area contributed by atoms with E-state index in [4.69, 9.17) is 14.2 Å². The van der Waals surface area contributed by atoms with Crippen molar-refractivity contribution in [3.8, 4) is 0 Å². The number of hydrogen-bond acceptors (Lipinski definition) is 7. The normalized spacial score (nSPS) is 44.5. The number of ether oxygens (including phenoxy) is 3. The molecule has 8 nitrogen and oxygen atoms in total. The zero-order chi connectivity index (χ0) is 34.4. The van der Waals surface area contributed by atoms with Gasteiger partial charge in [0.25, 0.3) is 0 Å². The lowest BCUT2D eigenvalue weighted by Crippen LogP contribution is -2.71. The van der Waals surface area contributed by atoms with Crippen LogP contribution in [0.15, 0.2) is 11.6 Å². The summed E-state index contributed by atoms with van der Waals surface area (Å²) in [4.78, 5) is 42.9. The van der Waals surface area contributed by atoms with Crippen molar-refractivity contribution in [3.05, 3.63) is 11.6 Å². The van der Waals surface area contributed by atoms with Crippen LogP contribution in [0.1, 0.15) is 101 Å². The Kier molecular flexibility index (Phi) is 8.81. The number of carbonyl (C=O) groups is 3. The lowest BCUT2D eigenvalue weighted by Gasteiger charge is -2.70. The number of ketones is 1. The van der Waals surface area contributed by atoms with Crippen molar-refractivity contribution < 1.29 is 33.7 Å². The maximum atomic E-state index is 14.8. The maximum Gasteiger partial charge on any atom is 0.308 e. The van der Waals surface area contributed by atoms with Crippen LogP contribution in [0.3, 0.4) is 0 Å². The Morgan fingerprint density at radius 1 is 1.09 bits per heavy atom. The topological polar surface area (TPSA) is 102 Å². The van der Waals surface area contributed by atoms with E-state index in [-0.39, 0.29) is 41.1 Å². The van der Waals surface area contributed by atoms with Crippen LogP contribution in [0.2, 0.25) is 0 Å². The van der Waals surface area contributed by atoms with Crippen LogP contribution in [-0.4, -0.2) is 79.4 Å². The summed E-state index contributed by atoms with van der Waals surface area (Å²) in [6.45, 7) is 22.2. The number of likely N-dealkylation sites (N-methyl/N-ethyl adjacent to an activating group) is 1. The smallest absolute Gasteiger partial charge is 0.308 e. The summed E-state index contributed by atoms with van der Waals surface area (Å²) in [5, 5.41) is 10.9. The van der Waals surface area contributed by atoms with Gasteiger partial charge in [-0.1, -0.05) is 54.0 Å². The summed E-state index contributed by atoms with van der Waals surface area (Å²) in [5.74, 6) is -1.37. The van der Waals surface area contributed by atoms with Gasteiger partial charge in [0.1, 0.15) is 12.2 Å². The average molecular weight is 644 g/mol. The molecule has 0 aromatic rings. The van der Waals surface area contributed by atoms with Gasteiger partial charge in [0.2, 0.25) is 0 Å². The quantitative estimate of drug-likeness (QED) is 0.303. The van der Waals surface area contributed by atoms with Gasteiger partial charge < -0.3 is 24.2 Å². The number of allylic oxidation sites excluding steroid dienone is 1. The highest BCUT2D eigenvalue weighted by molar-refractivity contribution is 6.00. The molecule has 0 radical (unpaired) electrons. The molecule has 0 aromatic heterocycles. The molecule has 1 aliphatic heterocycles. The molecule has 0 aromatic carbocycles. The van der Waals surface area contributed by atoms with E-state index in [9.17, 15) is 19.5 Å². The Balaban J connectivity index is 1.62. The van der Waals surface area contributed by atoms with Crippen LogP contribution in [-0.2, 0) is 28.6 Å². The number of carboxylic acid groups (broad SMARTS) is 1. The van der Waals surface area contributed by atoms with Crippen LogP contribution < -0.4 is 0 Å². The fourth-order valence-corrected chi connectivity index (χ4v) is 11.4. The van der Waals surface area contributed by atoms with Gasteiger partial charge in [-0.15, -0.1) is 0 Å². The third kappa shape index (κ3) is 4.80. The van der Waals surface area contributed by atoms with Crippen LogP contribution in [0.5, 0.6) is 0 Å². The van der Waals surface area contributed by atoms with Crippen molar-refractivity contribution in [3.63, 3.8) is 0 Å². The minimum absolute atomic E-state index is 0.0428. The van der Waals surface area contributed by atoms with Gasteiger partial charge in [-0.3, -0.25) is 14.4 Å². The molecule has 1 N–H and O–H groups in total. The number of nitrogens with zero attached hydrogens (tertiary/aromatic N) is 1. The zero-order valence-corrected chi connectivity index (χ0v) is 30.6. The van der Waals surface area contributed by atoms with Gasteiger partial charge >= 0.3 is 11.9 Å². The lowest BCUT2D eigenvalue weighted by atomic mass is 9.34. The number of fused-ring (bicyclic) bond motifs is 3. The van der Waals surface area contributed by atoms with Gasteiger partial charge in [-0.25, -0.2) is 0 Å². The molecule has 46 heavy (non-hydrogen) atoms. The Hall–Kier alpha value is -1.77. The van der Waals surface area contributed by atoms with E-state index in [0.29, 0.717) is 32.2 Å². The Labute approximate surface area is 277 Å². The van der Waals surface area contributed by atoms with Crippen molar-refractivity contribution in [1.82, 2.24) is 4.90 Å². The zero-order valence-electron chi connectivity index (χ0n) is 30.6. The molecule has 1 saturated heterocycles. The van der Waals surface area contributed by atoms with Crippen molar-refractivity contribution in [2.75, 3.05) is 33.9 Å². The van der Waals surface area contributed by atoms with E-state index in [1.165, 1.54) is 6.92 Å². The third-order valence-electron chi connectivity index (χ3n) is 15.1. The molecule has 0 spiro atoms. The second-order valence-electron chi connectivity index (χ2n) is 18.0. The summed E-state index contributed by atoms with van der Waals surface area (Å²) in [6, 6.07) is 0. The van der Waals surface area contributed by atoms with Gasteiger partial charge in [0.05, 0.1) is 25.7 Å². The molecular formula is C38H61NO7. The first kappa shape index (κ1) is 35.5. The largest absolute Gasteiger partial charge is 0.481 e. The summed E-state index contributed by atoms with van der Waals surface area (Å²) in [6.07, 6.45) is 4.95. The molecule has 2 bridgehead atoms. The van der Waals surface area contributed by atoms with Crippen LogP contribution in [0.25, 0.3) is 0 Å². The fourth-order valence-electron chi connectivity index (χ4n) is 11.4.